The van der Waals surface area contributed by atoms with E-state index in [1.807, 2.05) is 0 Å². The summed E-state index contributed by atoms with van der Waals surface area (Å²) in [6.07, 6.45) is 8.07. The highest BCUT2D eigenvalue weighted by molar-refractivity contribution is 7.46. The van der Waals surface area contributed by atoms with Crippen molar-refractivity contribution in [2.75, 3.05) is 6.61 Å². The Bertz CT molecular complexity index is 746. The number of carbonyl (C=O) groups excluding carboxylic acids is 1. The van der Waals surface area contributed by atoms with Gasteiger partial charge in [0.05, 0.1) is 12.7 Å². The van der Waals surface area contributed by atoms with Crippen LogP contribution in [0.1, 0.15) is 13.3 Å². The van der Waals surface area contributed by atoms with E-state index in [-0.39, 0.29) is 13.0 Å². The van der Waals surface area contributed by atoms with Crippen LogP contribution < -0.4 is 0 Å². The zero-order valence-corrected chi connectivity index (χ0v) is 17.2. The number of phosphoric acid groups is 1. The predicted molar refractivity (Wildman–Crippen MR) is 107 cm³/mol. The monoisotopic (exact) mass is 446 g/mol. The van der Waals surface area contributed by atoms with Crippen LogP contribution in [-0.4, -0.2) is 72.8 Å². The number of rotatable bonds is 11. The van der Waals surface area contributed by atoms with E-state index >= 15 is 0 Å². The summed E-state index contributed by atoms with van der Waals surface area (Å²) >= 11 is 0. The van der Waals surface area contributed by atoms with Gasteiger partial charge in [-0.05, 0) is 19.1 Å². The zero-order chi connectivity index (χ0) is 22.8. The van der Waals surface area contributed by atoms with E-state index in [2.05, 4.69) is 4.52 Å². The Balaban J connectivity index is 2.90. The van der Waals surface area contributed by atoms with Crippen LogP contribution in [0.2, 0.25) is 0 Å². The summed E-state index contributed by atoms with van der Waals surface area (Å²) in [6.45, 7) is 1.07. The van der Waals surface area contributed by atoms with Crippen molar-refractivity contribution in [3.63, 3.8) is 0 Å². The molecule has 0 fully saturated rings. The molecule has 1 heterocycles. The van der Waals surface area contributed by atoms with Crippen molar-refractivity contribution >= 4 is 13.8 Å². The second-order valence-corrected chi connectivity index (χ2v) is 7.80. The van der Waals surface area contributed by atoms with E-state index in [1.165, 1.54) is 37.3 Å². The highest BCUT2D eigenvalue weighted by Crippen LogP contribution is 2.41. The zero-order valence-electron chi connectivity index (χ0n) is 16.3. The number of esters is 1. The van der Waals surface area contributed by atoms with Crippen LogP contribution >= 0.6 is 7.82 Å². The lowest BCUT2D eigenvalue weighted by Gasteiger charge is -2.32. The Morgan fingerprint density at radius 2 is 1.97 bits per heavy atom. The highest BCUT2D eigenvalue weighted by atomic mass is 31.2. The fourth-order valence-electron chi connectivity index (χ4n) is 2.39. The summed E-state index contributed by atoms with van der Waals surface area (Å²) in [4.78, 5) is 29.6. The second kappa shape index (κ2) is 12.1. The van der Waals surface area contributed by atoms with Gasteiger partial charge in [-0.15, -0.1) is 0 Å². The van der Waals surface area contributed by atoms with E-state index in [9.17, 15) is 24.7 Å². The molecule has 11 heteroatoms. The van der Waals surface area contributed by atoms with Gasteiger partial charge < -0.3 is 34.9 Å². The molecule has 0 saturated carbocycles. The number of aliphatic hydroxyl groups is 4. The largest absolute Gasteiger partial charge is 0.469 e. The molecule has 30 heavy (non-hydrogen) atoms. The van der Waals surface area contributed by atoms with Gasteiger partial charge in [0.15, 0.2) is 0 Å². The minimum Gasteiger partial charge on any atom is -0.452 e. The molecule has 0 bridgehead atoms. The molecule has 1 unspecified atom stereocenters. The lowest BCUT2D eigenvalue weighted by molar-refractivity contribution is -0.146. The highest BCUT2D eigenvalue weighted by Gasteiger charge is 2.37. The van der Waals surface area contributed by atoms with Crippen molar-refractivity contribution in [1.82, 2.24) is 0 Å². The van der Waals surface area contributed by atoms with Gasteiger partial charge in [0.2, 0.25) is 0 Å². The van der Waals surface area contributed by atoms with Crippen LogP contribution in [-0.2, 0) is 18.6 Å². The minimum absolute atomic E-state index is 0.117. The van der Waals surface area contributed by atoms with Crippen LogP contribution in [0.15, 0.2) is 60.8 Å². The normalized spacial score (nSPS) is 24.7. The summed E-state index contributed by atoms with van der Waals surface area (Å²) < 4.78 is 20.9. The first-order chi connectivity index (χ1) is 13.9. The van der Waals surface area contributed by atoms with Crippen molar-refractivity contribution in [2.45, 2.75) is 43.4 Å². The molecule has 0 saturated heterocycles. The summed E-state index contributed by atoms with van der Waals surface area (Å²) in [6, 6.07) is 0. The third-order valence-corrected chi connectivity index (χ3v) is 4.45. The molecule has 5 atom stereocenters. The molecule has 0 radical (unpaired) electrons. The lowest BCUT2D eigenvalue weighted by Crippen LogP contribution is -2.41. The quantitative estimate of drug-likeness (QED) is 0.110. The number of phosphoric ester groups is 1. The number of ether oxygens (including phenoxy) is 1. The first-order valence-electron chi connectivity index (χ1n) is 8.96. The van der Waals surface area contributed by atoms with Crippen molar-refractivity contribution in [1.29, 1.82) is 0 Å². The molecular formula is C19H27O10P. The van der Waals surface area contributed by atoms with Gasteiger partial charge >= 0.3 is 13.8 Å². The molecule has 0 amide bonds. The average Bonchev–Trinajstić information content (AvgIpc) is 2.63. The van der Waals surface area contributed by atoms with Crippen LogP contribution in [0, 0.1) is 0 Å². The van der Waals surface area contributed by atoms with Gasteiger partial charge in [0, 0.05) is 12.5 Å². The first kappa shape index (κ1) is 26.2. The average molecular weight is 446 g/mol. The fourth-order valence-corrected chi connectivity index (χ4v) is 3.02. The molecule has 6 N–H and O–H groups in total. The summed E-state index contributed by atoms with van der Waals surface area (Å²) in [5.74, 6) is -0.694. The maximum Gasteiger partial charge on any atom is 0.469 e. The van der Waals surface area contributed by atoms with Crippen LogP contribution in [0.5, 0.6) is 0 Å². The number of allylic oxidation sites excluding steroid dienone is 4. The van der Waals surface area contributed by atoms with E-state index in [0.29, 0.717) is 0 Å². The summed E-state index contributed by atoms with van der Waals surface area (Å²) in [5, 5.41) is 39.2. The molecular weight excluding hydrogens is 419 g/mol. The molecule has 168 valence electrons. The Hall–Kier alpha value is -1.88. The Morgan fingerprint density at radius 1 is 1.30 bits per heavy atom. The third kappa shape index (κ3) is 10.2. The number of hydrogen-bond acceptors (Lipinski definition) is 8. The van der Waals surface area contributed by atoms with Crippen molar-refractivity contribution < 1.29 is 48.8 Å². The molecule has 0 aromatic carbocycles. The smallest absolute Gasteiger partial charge is 0.452 e. The molecule has 1 rings (SSSR count). The minimum atomic E-state index is -5.02. The maximum absolute atomic E-state index is 11.3. The van der Waals surface area contributed by atoms with E-state index in [1.54, 1.807) is 18.2 Å². The van der Waals surface area contributed by atoms with E-state index in [4.69, 9.17) is 19.6 Å². The molecule has 0 aromatic rings. The number of carbonyl (C=O) groups is 1. The predicted octanol–water partition coefficient (Wildman–Crippen LogP) is 0.0259. The third-order valence-electron chi connectivity index (χ3n) is 3.92. The summed E-state index contributed by atoms with van der Waals surface area (Å²) in [5.41, 5.74) is -2.00. The van der Waals surface area contributed by atoms with Gasteiger partial charge in [0.25, 0.3) is 0 Å². The molecule has 1 aliphatic rings. The van der Waals surface area contributed by atoms with Gasteiger partial charge in [0.1, 0.15) is 23.9 Å². The van der Waals surface area contributed by atoms with E-state index < -0.39 is 43.8 Å². The Kier molecular flexibility index (Phi) is 10.5. The maximum atomic E-state index is 11.3. The van der Waals surface area contributed by atoms with Gasteiger partial charge in [-0.3, -0.25) is 4.52 Å². The van der Waals surface area contributed by atoms with Gasteiger partial charge in [-0.2, -0.15) is 0 Å². The van der Waals surface area contributed by atoms with Crippen molar-refractivity contribution in [3.8, 4) is 0 Å². The summed E-state index contributed by atoms with van der Waals surface area (Å²) in [7, 11) is -5.02. The topological polar surface area (TPSA) is 174 Å². The van der Waals surface area contributed by atoms with E-state index in [0.717, 1.165) is 12.2 Å². The van der Waals surface area contributed by atoms with Crippen molar-refractivity contribution in [2.24, 2.45) is 0 Å². The van der Waals surface area contributed by atoms with Crippen molar-refractivity contribution in [3.05, 3.63) is 60.8 Å². The second-order valence-electron chi connectivity index (χ2n) is 6.60. The standard InChI is InChI=1S/C19H27O10P/c1-19(24,11-10-16-15(22)8-9-18(23)28-16)17(29-30(25,26)27)13-14(21)7-5-3-2-4-6-12-20/h2-11,14-17,20-22,24H,12-13H2,1H3,(H2,25,26,27)/b3-2-,6-4+,7-5-,11-10+/t14-,15?,16-,17+,19+/m0/s1. The first-order valence-corrected chi connectivity index (χ1v) is 10.5. The van der Waals surface area contributed by atoms with Gasteiger partial charge in [-0.1, -0.05) is 42.5 Å². The fraction of sp³-hybridized carbons (Fsp3) is 0.421. The Labute approximate surface area is 174 Å². The van der Waals surface area contributed by atoms with Crippen LogP contribution in [0.25, 0.3) is 0 Å². The molecule has 10 nitrogen and oxygen atoms in total. The van der Waals surface area contributed by atoms with Crippen LogP contribution in [0.4, 0.5) is 0 Å². The lowest BCUT2D eigenvalue weighted by atomic mass is 9.92. The SMILES string of the molecule is C[C@@](O)(/C=C/[C@@H]1OC(=O)C=CC1O)[C@@H](C[C@@H](O)\C=C/C=C\C=C\CO)OP(=O)(O)O. The molecule has 0 spiro atoms. The number of aliphatic hydroxyl groups excluding tert-OH is 3. The molecule has 1 aliphatic heterocycles. The van der Waals surface area contributed by atoms with Crippen LogP contribution in [0.3, 0.4) is 0 Å². The molecule has 0 aromatic heterocycles. The number of hydrogen-bond donors (Lipinski definition) is 6. The van der Waals surface area contributed by atoms with Gasteiger partial charge in [-0.25, -0.2) is 9.36 Å². The number of cyclic esters (lactones) is 1. The Morgan fingerprint density at radius 3 is 2.60 bits per heavy atom. The molecule has 0 aliphatic carbocycles.